The molecule has 0 atom stereocenters. The van der Waals surface area contributed by atoms with E-state index < -0.39 is 0 Å². The van der Waals surface area contributed by atoms with Gasteiger partial charge >= 0.3 is 0 Å². The van der Waals surface area contributed by atoms with E-state index in [1.165, 1.54) is 18.4 Å². The van der Waals surface area contributed by atoms with Crippen molar-refractivity contribution in [3.63, 3.8) is 0 Å². The minimum atomic E-state index is 0.584. The van der Waals surface area contributed by atoms with E-state index in [2.05, 4.69) is 11.6 Å². The molecular formula is C5H10NOS. The highest BCUT2D eigenvalue weighted by molar-refractivity contribution is 7.97. The van der Waals surface area contributed by atoms with Crippen molar-refractivity contribution in [2.45, 2.75) is 19.8 Å². The summed E-state index contributed by atoms with van der Waals surface area (Å²) in [6, 6.07) is 0. The highest BCUT2D eigenvalue weighted by atomic mass is 32.2. The number of nitrogens with zero attached hydrogens (tertiary/aromatic N) is 1. The number of hydrogen-bond donors (Lipinski definition) is 0. The van der Waals surface area contributed by atoms with Gasteiger partial charge in [0.2, 0.25) is 6.41 Å². The summed E-state index contributed by atoms with van der Waals surface area (Å²) in [7, 11) is 0. The van der Waals surface area contributed by atoms with Crippen LogP contribution in [-0.2, 0) is 4.79 Å². The van der Waals surface area contributed by atoms with Crippen molar-refractivity contribution in [3.05, 3.63) is 0 Å². The predicted octanol–water partition coefficient (Wildman–Crippen LogP) is 1.20. The first kappa shape index (κ1) is 7.82. The third kappa shape index (κ3) is 5.82. The minimum Gasteiger partial charge on any atom is -0.276 e. The minimum absolute atomic E-state index is 0.584. The second-order valence-corrected chi connectivity index (χ2v) is 2.27. The Morgan fingerprint density at radius 2 is 2.50 bits per heavy atom. The first-order valence-electron chi connectivity index (χ1n) is 2.67. The van der Waals surface area contributed by atoms with Crippen LogP contribution in [0.15, 0.2) is 0 Å². The number of carbonyl (C=O) groups is 1. The zero-order valence-electron chi connectivity index (χ0n) is 4.96. The van der Waals surface area contributed by atoms with Crippen molar-refractivity contribution in [1.29, 1.82) is 0 Å². The molecule has 0 aliphatic heterocycles. The van der Waals surface area contributed by atoms with Crippen LogP contribution >= 0.6 is 11.9 Å². The van der Waals surface area contributed by atoms with Gasteiger partial charge in [0.25, 0.3) is 0 Å². The maximum atomic E-state index is 9.58. The van der Waals surface area contributed by atoms with Crippen LogP contribution in [0.2, 0.25) is 0 Å². The van der Waals surface area contributed by atoms with Gasteiger partial charge < -0.3 is 0 Å². The molecule has 0 fully saturated rings. The molecule has 8 heavy (non-hydrogen) atoms. The molecule has 1 radical (unpaired) electrons. The van der Waals surface area contributed by atoms with Gasteiger partial charge in [-0.1, -0.05) is 13.3 Å². The van der Waals surface area contributed by atoms with Crippen molar-refractivity contribution in [1.82, 2.24) is 4.72 Å². The Balaban J connectivity index is 2.62. The molecule has 0 aromatic rings. The third-order valence-electron chi connectivity index (χ3n) is 0.707. The lowest BCUT2D eigenvalue weighted by Crippen LogP contribution is -1.89. The quantitative estimate of drug-likeness (QED) is 0.320. The molecule has 0 unspecified atom stereocenters. The number of carbonyl (C=O) groups excluding carboxylic acids is 1. The van der Waals surface area contributed by atoms with Crippen molar-refractivity contribution in [2.75, 3.05) is 5.75 Å². The number of hydrogen-bond acceptors (Lipinski definition) is 2. The summed E-state index contributed by atoms with van der Waals surface area (Å²) >= 11 is 1.33. The fourth-order valence-electron chi connectivity index (χ4n) is 0.292. The average molecular weight is 132 g/mol. The Labute approximate surface area is 54.2 Å². The summed E-state index contributed by atoms with van der Waals surface area (Å²) in [5.74, 6) is 0.968. The molecule has 0 heterocycles. The molecule has 0 saturated heterocycles. The molecule has 47 valence electrons. The van der Waals surface area contributed by atoms with Gasteiger partial charge in [-0.3, -0.25) is 4.79 Å². The monoisotopic (exact) mass is 132 g/mol. The van der Waals surface area contributed by atoms with E-state index in [1.54, 1.807) is 0 Å². The average Bonchev–Trinajstić information content (AvgIpc) is 1.81. The smallest absolute Gasteiger partial charge is 0.239 e. The molecule has 0 rings (SSSR count). The maximum absolute atomic E-state index is 9.58. The molecule has 2 nitrogen and oxygen atoms in total. The van der Waals surface area contributed by atoms with Gasteiger partial charge in [0.05, 0.1) is 0 Å². The molecule has 0 aromatic carbocycles. The van der Waals surface area contributed by atoms with E-state index in [9.17, 15) is 4.79 Å². The normalized spacial score (nSPS) is 8.62. The Morgan fingerprint density at radius 1 is 1.75 bits per heavy atom. The summed E-state index contributed by atoms with van der Waals surface area (Å²) in [6.07, 6.45) is 2.89. The number of amides is 1. The predicted molar refractivity (Wildman–Crippen MR) is 35.6 cm³/mol. The summed E-state index contributed by atoms with van der Waals surface area (Å²) < 4.78 is 3.45. The van der Waals surface area contributed by atoms with E-state index >= 15 is 0 Å². The van der Waals surface area contributed by atoms with Crippen molar-refractivity contribution < 1.29 is 4.79 Å². The summed E-state index contributed by atoms with van der Waals surface area (Å²) in [6.45, 7) is 2.11. The lowest BCUT2D eigenvalue weighted by Gasteiger charge is -1.89. The molecule has 0 aliphatic rings. The lowest BCUT2D eigenvalue weighted by atomic mass is 10.4. The zero-order chi connectivity index (χ0) is 6.24. The molecule has 0 aromatic heterocycles. The van der Waals surface area contributed by atoms with Gasteiger partial charge in [-0.15, -0.1) is 0 Å². The molecule has 1 amide bonds. The van der Waals surface area contributed by atoms with Crippen molar-refractivity contribution >= 4 is 18.4 Å². The lowest BCUT2D eigenvalue weighted by molar-refractivity contribution is -0.108. The topological polar surface area (TPSA) is 31.2 Å². The van der Waals surface area contributed by atoms with E-state index in [1.807, 2.05) is 0 Å². The fraction of sp³-hybridized carbons (Fsp3) is 0.800. The number of rotatable bonds is 5. The Kier molecular flexibility index (Phi) is 6.67. The second kappa shape index (κ2) is 6.82. The Morgan fingerprint density at radius 3 is 3.00 bits per heavy atom. The molecular weight excluding hydrogens is 122 g/mol. The first-order valence-corrected chi connectivity index (χ1v) is 3.61. The van der Waals surface area contributed by atoms with Crippen molar-refractivity contribution in [3.8, 4) is 0 Å². The second-order valence-electron chi connectivity index (χ2n) is 1.40. The van der Waals surface area contributed by atoms with Gasteiger partial charge in [-0.05, 0) is 18.4 Å². The van der Waals surface area contributed by atoms with Crippen LogP contribution in [0.4, 0.5) is 0 Å². The maximum Gasteiger partial charge on any atom is 0.239 e. The van der Waals surface area contributed by atoms with Gasteiger partial charge in [0.15, 0.2) is 0 Å². The zero-order valence-corrected chi connectivity index (χ0v) is 5.78. The summed E-state index contributed by atoms with van der Waals surface area (Å²) in [5.41, 5.74) is 0. The summed E-state index contributed by atoms with van der Waals surface area (Å²) in [5, 5.41) is 0. The van der Waals surface area contributed by atoms with Crippen molar-refractivity contribution in [2.24, 2.45) is 0 Å². The first-order chi connectivity index (χ1) is 3.91. The third-order valence-corrected chi connectivity index (χ3v) is 1.41. The van der Waals surface area contributed by atoms with E-state index in [-0.39, 0.29) is 0 Å². The SMILES string of the molecule is CCCCS[N]C=O. The molecule has 0 N–H and O–H groups in total. The fourth-order valence-corrected chi connectivity index (χ4v) is 0.876. The van der Waals surface area contributed by atoms with Crippen LogP contribution in [0.25, 0.3) is 0 Å². The van der Waals surface area contributed by atoms with Crippen LogP contribution in [-0.4, -0.2) is 12.2 Å². The van der Waals surface area contributed by atoms with Crippen LogP contribution in [0, 0.1) is 0 Å². The van der Waals surface area contributed by atoms with Crippen LogP contribution in [0.1, 0.15) is 19.8 Å². The Bertz CT molecular complexity index is 58.4. The molecule has 3 heteroatoms. The highest BCUT2D eigenvalue weighted by Crippen LogP contribution is 1.98. The Hall–Kier alpha value is -0.180. The number of unbranched alkanes of at least 4 members (excludes halogenated alkanes) is 1. The molecule has 0 bridgehead atoms. The van der Waals surface area contributed by atoms with Crippen LogP contribution in [0.3, 0.4) is 0 Å². The van der Waals surface area contributed by atoms with Crippen LogP contribution < -0.4 is 4.72 Å². The standard InChI is InChI=1S/C5H10NOS/c1-2-3-4-8-6-5-7/h5H,2-4H2,1H3. The molecule has 0 aliphatic carbocycles. The molecule has 0 saturated carbocycles. The van der Waals surface area contributed by atoms with Gasteiger partial charge in [-0.25, -0.2) is 0 Å². The molecule has 0 spiro atoms. The van der Waals surface area contributed by atoms with Gasteiger partial charge in [0.1, 0.15) is 0 Å². The van der Waals surface area contributed by atoms with Gasteiger partial charge in [0, 0.05) is 5.75 Å². The van der Waals surface area contributed by atoms with E-state index in [0.29, 0.717) is 6.41 Å². The highest BCUT2D eigenvalue weighted by Gasteiger charge is 1.83. The summed E-state index contributed by atoms with van der Waals surface area (Å²) in [4.78, 5) is 9.58. The van der Waals surface area contributed by atoms with Gasteiger partial charge in [-0.2, -0.15) is 4.72 Å². The largest absolute Gasteiger partial charge is 0.276 e. The van der Waals surface area contributed by atoms with Crippen LogP contribution in [0.5, 0.6) is 0 Å². The van der Waals surface area contributed by atoms with E-state index in [4.69, 9.17) is 0 Å². The van der Waals surface area contributed by atoms with E-state index in [0.717, 1.165) is 12.2 Å².